The molecule has 5 aromatic rings. The van der Waals surface area contributed by atoms with Crippen LogP contribution in [0, 0.1) is 6.92 Å². The van der Waals surface area contributed by atoms with Crippen LogP contribution in [0.25, 0.3) is 27.5 Å². The summed E-state index contributed by atoms with van der Waals surface area (Å²) in [5.41, 5.74) is 6.28. The number of azo groups is 1. The maximum absolute atomic E-state index is 4.79. The third kappa shape index (κ3) is 3.37. The van der Waals surface area contributed by atoms with Gasteiger partial charge in [0.15, 0.2) is 4.96 Å². The molecule has 5 heteroatoms. The highest BCUT2D eigenvalue weighted by Crippen LogP contribution is 2.38. The highest BCUT2D eigenvalue weighted by molar-refractivity contribution is 7.15. The quantitative estimate of drug-likeness (QED) is 0.292. The van der Waals surface area contributed by atoms with Gasteiger partial charge in [-0.3, -0.25) is 4.40 Å². The van der Waals surface area contributed by atoms with Gasteiger partial charge in [0.2, 0.25) is 5.82 Å². The highest BCUT2D eigenvalue weighted by atomic mass is 32.1. The Morgan fingerprint density at radius 2 is 1.41 bits per heavy atom. The van der Waals surface area contributed by atoms with E-state index in [-0.39, 0.29) is 0 Å². The standard InChI is InChI=1S/C24H18N4S/c1-17-12-14-20(15-13-17)26-27-23-22(19-10-6-3-7-11-19)28-21(16-29-24(28)25-23)18-8-4-2-5-9-18/h2-16H,1H3. The number of thiazole rings is 1. The zero-order valence-electron chi connectivity index (χ0n) is 15.9. The Morgan fingerprint density at radius 3 is 2.10 bits per heavy atom. The number of hydrogen-bond acceptors (Lipinski definition) is 4. The third-order valence-electron chi connectivity index (χ3n) is 4.76. The summed E-state index contributed by atoms with van der Waals surface area (Å²) in [5, 5.41) is 11.1. The maximum atomic E-state index is 4.79. The van der Waals surface area contributed by atoms with Crippen molar-refractivity contribution in [2.75, 3.05) is 0 Å². The fraction of sp³-hybridized carbons (Fsp3) is 0.0417. The summed E-state index contributed by atoms with van der Waals surface area (Å²) in [4.78, 5) is 5.69. The second-order valence-corrected chi connectivity index (χ2v) is 7.63. The first kappa shape index (κ1) is 17.5. The molecular weight excluding hydrogens is 376 g/mol. The van der Waals surface area contributed by atoms with Gasteiger partial charge in [-0.2, -0.15) is 4.98 Å². The molecule has 140 valence electrons. The van der Waals surface area contributed by atoms with Gasteiger partial charge in [-0.15, -0.1) is 21.6 Å². The first-order valence-corrected chi connectivity index (χ1v) is 10.3. The zero-order chi connectivity index (χ0) is 19.6. The Kier molecular flexibility index (Phi) is 4.50. The minimum Gasteiger partial charge on any atom is -0.280 e. The number of aromatic nitrogens is 2. The lowest BCUT2D eigenvalue weighted by Gasteiger charge is -2.05. The Morgan fingerprint density at radius 1 is 0.759 bits per heavy atom. The largest absolute Gasteiger partial charge is 0.280 e. The number of fused-ring (bicyclic) bond motifs is 1. The van der Waals surface area contributed by atoms with Crippen LogP contribution in [-0.2, 0) is 0 Å². The molecule has 0 N–H and O–H groups in total. The molecule has 0 fully saturated rings. The summed E-state index contributed by atoms with van der Waals surface area (Å²) in [6, 6.07) is 28.6. The van der Waals surface area contributed by atoms with E-state index < -0.39 is 0 Å². The molecule has 5 rings (SSSR count). The van der Waals surface area contributed by atoms with Crippen molar-refractivity contribution in [3.8, 4) is 22.5 Å². The molecule has 0 aliphatic rings. The minimum atomic E-state index is 0.626. The Labute approximate surface area is 172 Å². The number of nitrogens with zero attached hydrogens (tertiary/aromatic N) is 4. The van der Waals surface area contributed by atoms with E-state index in [4.69, 9.17) is 4.98 Å². The second kappa shape index (κ2) is 7.45. The fourth-order valence-corrected chi connectivity index (χ4v) is 4.19. The normalized spacial score (nSPS) is 11.5. The summed E-state index contributed by atoms with van der Waals surface area (Å²) < 4.78 is 2.18. The predicted octanol–water partition coefficient (Wildman–Crippen LogP) is 7.45. The van der Waals surface area contributed by atoms with Crippen LogP contribution in [0.5, 0.6) is 0 Å². The number of aryl methyl sites for hydroxylation is 1. The summed E-state index contributed by atoms with van der Waals surface area (Å²) in [5.74, 6) is 0.626. The lowest BCUT2D eigenvalue weighted by Crippen LogP contribution is -1.89. The fourth-order valence-electron chi connectivity index (χ4n) is 3.30. The van der Waals surface area contributed by atoms with E-state index in [2.05, 4.69) is 63.3 Å². The number of imidazole rings is 1. The van der Waals surface area contributed by atoms with Gasteiger partial charge in [-0.05, 0) is 24.6 Å². The average Bonchev–Trinajstić information content (AvgIpc) is 3.33. The molecule has 0 radical (unpaired) electrons. The van der Waals surface area contributed by atoms with Crippen LogP contribution in [-0.4, -0.2) is 9.38 Å². The molecule has 0 spiro atoms. The van der Waals surface area contributed by atoms with E-state index in [1.165, 1.54) is 5.56 Å². The van der Waals surface area contributed by atoms with Crippen molar-refractivity contribution in [1.29, 1.82) is 0 Å². The van der Waals surface area contributed by atoms with Crippen molar-refractivity contribution in [3.63, 3.8) is 0 Å². The molecular formula is C24H18N4S. The van der Waals surface area contributed by atoms with Crippen LogP contribution in [0.1, 0.15) is 5.56 Å². The Bertz CT molecular complexity index is 1280. The van der Waals surface area contributed by atoms with Crippen LogP contribution >= 0.6 is 11.3 Å². The number of benzene rings is 3. The Hall–Kier alpha value is -3.57. The topological polar surface area (TPSA) is 42.0 Å². The van der Waals surface area contributed by atoms with Gasteiger partial charge in [0.05, 0.1) is 11.4 Å². The molecule has 29 heavy (non-hydrogen) atoms. The molecule has 0 saturated heterocycles. The van der Waals surface area contributed by atoms with E-state index in [1.807, 2.05) is 48.5 Å². The van der Waals surface area contributed by atoms with Crippen LogP contribution in [0.3, 0.4) is 0 Å². The molecule has 0 aliphatic heterocycles. The molecule has 0 unspecified atom stereocenters. The highest BCUT2D eigenvalue weighted by Gasteiger charge is 2.19. The SMILES string of the molecule is Cc1ccc(N=Nc2nc3scc(-c4ccccc4)n3c2-c2ccccc2)cc1. The van der Waals surface area contributed by atoms with Crippen molar-refractivity contribution >= 4 is 27.8 Å². The summed E-state index contributed by atoms with van der Waals surface area (Å²) in [7, 11) is 0. The molecule has 0 saturated carbocycles. The molecule has 0 bridgehead atoms. The van der Waals surface area contributed by atoms with Gasteiger partial charge < -0.3 is 0 Å². The van der Waals surface area contributed by atoms with Crippen LogP contribution < -0.4 is 0 Å². The van der Waals surface area contributed by atoms with Gasteiger partial charge in [0.25, 0.3) is 0 Å². The van der Waals surface area contributed by atoms with Crippen molar-refractivity contribution in [3.05, 3.63) is 95.9 Å². The summed E-state index contributed by atoms with van der Waals surface area (Å²) >= 11 is 1.61. The second-order valence-electron chi connectivity index (χ2n) is 6.79. The summed E-state index contributed by atoms with van der Waals surface area (Å²) in [6.07, 6.45) is 0. The van der Waals surface area contributed by atoms with E-state index in [0.717, 1.165) is 33.2 Å². The molecule has 0 atom stereocenters. The van der Waals surface area contributed by atoms with Crippen LogP contribution in [0.15, 0.2) is 101 Å². The average molecular weight is 395 g/mol. The summed E-state index contributed by atoms with van der Waals surface area (Å²) in [6.45, 7) is 2.06. The van der Waals surface area contributed by atoms with Gasteiger partial charge in [-0.25, -0.2) is 0 Å². The van der Waals surface area contributed by atoms with E-state index in [1.54, 1.807) is 11.3 Å². The molecule has 4 nitrogen and oxygen atoms in total. The zero-order valence-corrected chi connectivity index (χ0v) is 16.7. The molecule has 0 aliphatic carbocycles. The maximum Gasteiger partial charge on any atom is 0.202 e. The molecule has 0 amide bonds. The van der Waals surface area contributed by atoms with E-state index in [0.29, 0.717) is 5.82 Å². The minimum absolute atomic E-state index is 0.626. The molecule has 2 aromatic heterocycles. The van der Waals surface area contributed by atoms with Gasteiger partial charge in [0, 0.05) is 10.9 Å². The number of rotatable bonds is 4. The monoisotopic (exact) mass is 394 g/mol. The molecule has 3 aromatic carbocycles. The van der Waals surface area contributed by atoms with Crippen molar-refractivity contribution < 1.29 is 0 Å². The lowest BCUT2D eigenvalue weighted by atomic mass is 10.1. The predicted molar refractivity (Wildman–Crippen MR) is 119 cm³/mol. The van der Waals surface area contributed by atoms with E-state index in [9.17, 15) is 0 Å². The van der Waals surface area contributed by atoms with Crippen LogP contribution in [0.4, 0.5) is 11.5 Å². The first-order chi connectivity index (χ1) is 14.3. The van der Waals surface area contributed by atoms with Crippen LogP contribution in [0.2, 0.25) is 0 Å². The van der Waals surface area contributed by atoms with Crippen molar-refractivity contribution in [2.24, 2.45) is 10.2 Å². The number of hydrogen-bond donors (Lipinski definition) is 0. The smallest absolute Gasteiger partial charge is 0.202 e. The van der Waals surface area contributed by atoms with E-state index >= 15 is 0 Å². The molecule has 2 heterocycles. The first-order valence-electron chi connectivity index (χ1n) is 9.39. The van der Waals surface area contributed by atoms with Crippen molar-refractivity contribution in [2.45, 2.75) is 6.92 Å². The third-order valence-corrected chi connectivity index (χ3v) is 5.58. The van der Waals surface area contributed by atoms with Gasteiger partial charge in [-0.1, -0.05) is 78.4 Å². The lowest BCUT2D eigenvalue weighted by molar-refractivity contribution is 1.18. The van der Waals surface area contributed by atoms with Gasteiger partial charge >= 0.3 is 0 Å². The van der Waals surface area contributed by atoms with Gasteiger partial charge in [0.1, 0.15) is 5.69 Å². The van der Waals surface area contributed by atoms with Crippen molar-refractivity contribution in [1.82, 2.24) is 9.38 Å². The Balaban J connectivity index is 1.70.